The van der Waals surface area contributed by atoms with Gasteiger partial charge in [0.05, 0.1) is 6.10 Å². The molecule has 21 heavy (non-hydrogen) atoms. The van der Waals surface area contributed by atoms with Gasteiger partial charge in [-0.15, -0.1) is 0 Å². The number of nitrogens with zero attached hydrogens (tertiary/aromatic N) is 1. The first-order chi connectivity index (χ1) is 9.85. The van der Waals surface area contributed by atoms with Crippen molar-refractivity contribution in [3.63, 3.8) is 0 Å². The molecule has 5 nitrogen and oxygen atoms in total. The van der Waals surface area contributed by atoms with E-state index in [-0.39, 0.29) is 17.4 Å². The average Bonchev–Trinajstić information content (AvgIpc) is 2.85. The fraction of sp³-hybridized carbons (Fsp3) is 0.875. The van der Waals surface area contributed by atoms with E-state index >= 15 is 0 Å². The highest BCUT2D eigenvalue weighted by atomic mass is 16.5. The van der Waals surface area contributed by atoms with Crippen molar-refractivity contribution in [2.75, 3.05) is 13.7 Å². The minimum absolute atomic E-state index is 0.0260. The van der Waals surface area contributed by atoms with Gasteiger partial charge in [-0.25, -0.2) is 4.79 Å². The molecule has 1 heterocycles. The SMILES string of the molecule is COC1CC(C(=O)O)N(C(=O)CC2CCCCC2(C)C)C1. The predicted octanol–water partition coefficient (Wildman–Crippen LogP) is 2.29. The van der Waals surface area contributed by atoms with Crippen LogP contribution in [-0.2, 0) is 14.3 Å². The van der Waals surface area contributed by atoms with Crippen LogP contribution in [0.4, 0.5) is 0 Å². The fourth-order valence-electron chi connectivity index (χ4n) is 3.75. The van der Waals surface area contributed by atoms with Crippen molar-refractivity contribution >= 4 is 11.9 Å². The van der Waals surface area contributed by atoms with Gasteiger partial charge in [0.25, 0.3) is 0 Å². The second-order valence-electron chi connectivity index (χ2n) is 7.13. The third kappa shape index (κ3) is 3.57. The van der Waals surface area contributed by atoms with Crippen LogP contribution >= 0.6 is 0 Å². The van der Waals surface area contributed by atoms with Crippen LogP contribution in [0.15, 0.2) is 0 Å². The number of aliphatic carboxylic acids is 1. The third-order valence-electron chi connectivity index (χ3n) is 5.35. The molecule has 120 valence electrons. The zero-order valence-electron chi connectivity index (χ0n) is 13.3. The molecule has 3 unspecified atom stereocenters. The normalized spacial score (nSPS) is 32.1. The van der Waals surface area contributed by atoms with E-state index < -0.39 is 12.0 Å². The third-order valence-corrected chi connectivity index (χ3v) is 5.35. The van der Waals surface area contributed by atoms with E-state index in [0.717, 1.165) is 12.8 Å². The number of carboxylic acid groups (broad SMARTS) is 1. The van der Waals surface area contributed by atoms with Crippen molar-refractivity contribution in [1.82, 2.24) is 4.90 Å². The molecule has 1 N–H and O–H groups in total. The number of carboxylic acids is 1. The maximum absolute atomic E-state index is 12.6. The van der Waals surface area contributed by atoms with Gasteiger partial charge < -0.3 is 14.7 Å². The molecule has 2 fully saturated rings. The quantitative estimate of drug-likeness (QED) is 0.864. The van der Waals surface area contributed by atoms with Crippen LogP contribution < -0.4 is 0 Å². The maximum atomic E-state index is 12.6. The van der Waals surface area contributed by atoms with Crippen LogP contribution in [-0.4, -0.2) is 47.7 Å². The number of ether oxygens (including phenoxy) is 1. The Hall–Kier alpha value is -1.10. The number of likely N-dealkylation sites (tertiary alicyclic amines) is 1. The molecule has 5 heteroatoms. The lowest BCUT2D eigenvalue weighted by molar-refractivity contribution is -0.149. The van der Waals surface area contributed by atoms with E-state index in [1.165, 1.54) is 17.7 Å². The van der Waals surface area contributed by atoms with Crippen LogP contribution in [0.2, 0.25) is 0 Å². The van der Waals surface area contributed by atoms with Gasteiger partial charge in [0, 0.05) is 26.5 Å². The Labute approximate surface area is 126 Å². The van der Waals surface area contributed by atoms with Crippen molar-refractivity contribution < 1.29 is 19.4 Å². The molecule has 1 aliphatic heterocycles. The van der Waals surface area contributed by atoms with Crippen molar-refractivity contribution in [3.8, 4) is 0 Å². The number of rotatable bonds is 4. The summed E-state index contributed by atoms with van der Waals surface area (Å²) in [7, 11) is 1.57. The van der Waals surface area contributed by atoms with Crippen molar-refractivity contribution in [1.29, 1.82) is 0 Å². The largest absolute Gasteiger partial charge is 0.480 e. The molecule has 1 saturated heterocycles. The second kappa shape index (κ2) is 6.34. The molecule has 0 aromatic heterocycles. The summed E-state index contributed by atoms with van der Waals surface area (Å²) >= 11 is 0. The average molecular weight is 297 g/mol. The molecule has 1 saturated carbocycles. The van der Waals surface area contributed by atoms with E-state index in [1.807, 2.05) is 0 Å². The summed E-state index contributed by atoms with van der Waals surface area (Å²) in [4.78, 5) is 25.4. The standard InChI is InChI=1S/C16H27NO4/c1-16(2)7-5-4-6-11(16)8-14(18)17-10-12(21-3)9-13(17)15(19)20/h11-13H,4-10H2,1-3H3,(H,19,20). The van der Waals surface area contributed by atoms with E-state index in [1.54, 1.807) is 7.11 Å². The summed E-state index contributed by atoms with van der Waals surface area (Å²) < 4.78 is 5.25. The van der Waals surface area contributed by atoms with E-state index in [2.05, 4.69) is 13.8 Å². The highest BCUT2D eigenvalue weighted by Crippen LogP contribution is 2.42. The molecule has 0 bridgehead atoms. The van der Waals surface area contributed by atoms with Crippen LogP contribution in [0, 0.1) is 11.3 Å². The number of hydrogen-bond donors (Lipinski definition) is 1. The summed E-state index contributed by atoms with van der Waals surface area (Å²) in [6, 6.07) is -0.728. The summed E-state index contributed by atoms with van der Waals surface area (Å²) in [6.07, 6.45) is 5.31. The number of carbonyl (C=O) groups excluding carboxylic acids is 1. The molecule has 2 aliphatic rings. The Morgan fingerprint density at radius 1 is 1.33 bits per heavy atom. The lowest BCUT2D eigenvalue weighted by Crippen LogP contribution is -2.42. The minimum atomic E-state index is -0.925. The van der Waals surface area contributed by atoms with Gasteiger partial charge in [0.2, 0.25) is 5.91 Å². The lowest BCUT2D eigenvalue weighted by Gasteiger charge is -2.39. The second-order valence-corrected chi connectivity index (χ2v) is 7.13. The lowest BCUT2D eigenvalue weighted by atomic mass is 9.67. The van der Waals surface area contributed by atoms with Crippen LogP contribution in [0.5, 0.6) is 0 Å². The zero-order chi connectivity index (χ0) is 15.6. The summed E-state index contributed by atoms with van der Waals surface area (Å²) in [5, 5.41) is 9.30. The summed E-state index contributed by atoms with van der Waals surface area (Å²) in [5.41, 5.74) is 0.174. The molecular formula is C16H27NO4. The Balaban J connectivity index is 2.03. The molecule has 0 aromatic rings. The van der Waals surface area contributed by atoms with Crippen molar-refractivity contribution in [2.45, 2.75) is 64.5 Å². The van der Waals surface area contributed by atoms with Crippen molar-refractivity contribution in [2.24, 2.45) is 11.3 Å². The van der Waals surface area contributed by atoms with Gasteiger partial charge in [-0.1, -0.05) is 26.7 Å². The topological polar surface area (TPSA) is 66.8 Å². The first-order valence-electron chi connectivity index (χ1n) is 7.90. The number of carbonyl (C=O) groups is 2. The molecule has 0 spiro atoms. The Morgan fingerprint density at radius 3 is 2.62 bits per heavy atom. The Kier molecular flexibility index (Phi) is 4.91. The first-order valence-corrected chi connectivity index (χ1v) is 7.90. The molecule has 0 radical (unpaired) electrons. The van der Waals surface area contributed by atoms with Gasteiger partial charge in [0.15, 0.2) is 0 Å². The highest BCUT2D eigenvalue weighted by molar-refractivity contribution is 5.84. The molecule has 0 aromatic carbocycles. The van der Waals surface area contributed by atoms with E-state index in [4.69, 9.17) is 4.74 Å². The van der Waals surface area contributed by atoms with Crippen LogP contribution in [0.25, 0.3) is 0 Å². The van der Waals surface area contributed by atoms with Gasteiger partial charge in [-0.3, -0.25) is 4.79 Å². The van der Waals surface area contributed by atoms with E-state index in [9.17, 15) is 14.7 Å². The molecular weight excluding hydrogens is 270 g/mol. The minimum Gasteiger partial charge on any atom is -0.480 e. The predicted molar refractivity (Wildman–Crippen MR) is 78.9 cm³/mol. The van der Waals surface area contributed by atoms with Gasteiger partial charge in [-0.05, 0) is 24.2 Å². The van der Waals surface area contributed by atoms with E-state index in [0.29, 0.717) is 25.3 Å². The Bertz CT molecular complexity index is 407. The summed E-state index contributed by atoms with van der Waals surface area (Å²) in [5.74, 6) is -0.595. The van der Waals surface area contributed by atoms with Crippen molar-refractivity contribution in [3.05, 3.63) is 0 Å². The van der Waals surface area contributed by atoms with Crippen LogP contribution in [0.1, 0.15) is 52.4 Å². The molecule has 1 aliphatic carbocycles. The number of methoxy groups -OCH3 is 1. The fourth-order valence-corrected chi connectivity index (χ4v) is 3.75. The monoisotopic (exact) mass is 297 g/mol. The van der Waals surface area contributed by atoms with Crippen LogP contribution in [0.3, 0.4) is 0 Å². The highest BCUT2D eigenvalue weighted by Gasteiger charge is 2.42. The molecule has 2 rings (SSSR count). The van der Waals surface area contributed by atoms with Gasteiger partial charge in [0.1, 0.15) is 6.04 Å². The summed E-state index contributed by atoms with van der Waals surface area (Å²) in [6.45, 7) is 4.85. The molecule has 1 amide bonds. The van der Waals surface area contributed by atoms with Gasteiger partial charge in [-0.2, -0.15) is 0 Å². The Morgan fingerprint density at radius 2 is 2.05 bits per heavy atom. The van der Waals surface area contributed by atoms with Gasteiger partial charge >= 0.3 is 5.97 Å². The molecule has 3 atom stereocenters. The number of hydrogen-bond acceptors (Lipinski definition) is 3. The smallest absolute Gasteiger partial charge is 0.326 e. The number of amides is 1. The maximum Gasteiger partial charge on any atom is 0.326 e. The first kappa shape index (κ1) is 16.3. The zero-order valence-corrected chi connectivity index (χ0v) is 13.3.